The minimum Gasteiger partial charge on any atom is -0.507 e. The molecule has 1 aliphatic carbocycles. The third-order valence-electron chi connectivity index (χ3n) is 4.51. The number of benzene rings is 1. The van der Waals surface area contributed by atoms with Crippen molar-refractivity contribution in [2.45, 2.75) is 51.6 Å². The third-order valence-corrected chi connectivity index (χ3v) is 4.51. The van der Waals surface area contributed by atoms with Crippen LogP contribution in [0.1, 0.15) is 43.7 Å². The molecule has 0 aromatic heterocycles. The Morgan fingerprint density at radius 2 is 2.00 bits per heavy atom. The summed E-state index contributed by atoms with van der Waals surface area (Å²) < 4.78 is 0. The monoisotopic (exact) mass is 263 g/mol. The van der Waals surface area contributed by atoms with Gasteiger partial charge < -0.3 is 15.5 Å². The molecule has 1 aromatic rings. The molecule has 3 heteroatoms. The van der Waals surface area contributed by atoms with E-state index in [1.54, 1.807) is 0 Å². The molecule has 0 bridgehead atoms. The van der Waals surface area contributed by atoms with Crippen LogP contribution in [0.4, 0.5) is 0 Å². The zero-order valence-electron chi connectivity index (χ0n) is 11.9. The van der Waals surface area contributed by atoms with E-state index in [9.17, 15) is 10.2 Å². The van der Waals surface area contributed by atoms with E-state index in [1.165, 1.54) is 0 Å². The van der Waals surface area contributed by atoms with Gasteiger partial charge in [0.2, 0.25) is 0 Å². The number of aliphatic hydroxyl groups excluding tert-OH is 1. The van der Waals surface area contributed by atoms with Crippen molar-refractivity contribution in [3.8, 4) is 5.75 Å². The van der Waals surface area contributed by atoms with E-state index in [-0.39, 0.29) is 12.1 Å². The molecule has 0 heterocycles. The molecule has 19 heavy (non-hydrogen) atoms. The van der Waals surface area contributed by atoms with Gasteiger partial charge in [-0.05, 0) is 44.1 Å². The first-order valence-corrected chi connectivity index (χ1v) is 7.20. The maximum absolute atomic E-state index is 10.0. The summed E-state index contributed by atoms with van der Waals surface area (Å²) in [4.78, 5) is 0. The van der Waals surface area contributed by atoms with Gasteiger partial charge in [0.05, 0.1) is 6.61 Å². The Morgan fingerprint density at radius 3 is 2.63 bits per heavy atom. The first kappa shape index (κ1) is 14.4. The zero-order valence-corrected chi connectivity index (χ0v) is 11.9. The van der Waals surface area contributed by atoms with Crippen LogP contribution in [-0.2, 0) is 6.54 Å². The smallest absolute Gasteiger partial charge is 0.122 e. The summed E-state index contributed by atoms with van der Waals surface area (Å²) in [5.41, 5.74) is 1.64. The molecule has 0 radical (unpaired) electrons. The quantitative estimate of drug-likeness (QED) is 0.783. The zero-order chi connectivity index (χ0) is 13.9. The molecule has 3 N–H and O–H groups in total. The summed E-state index contributed by atoms with van der Waals surface area (Å²) in [5, 5.41) is 23.2. The van der Waals surface area contributed by atoms with Crippen molar-refractivity contribution in [1.29, 1.82) is 0 Å². The summed E-state index contributed by atoms with van der Waals surface area (Å²) >= 11 is 0. The van der Waals surface area contributed by atoms with Crippen LogP contribution in [0.5, 0.6) is 5.75 Å². The minimum atomic E-state index is -0.164. The van der Waals surface area contributed by atoms with Crippen molar-refractivity contribution in [3.05, 3.63) is 29.3 Å². The fraction of sp³-hybridized carbons (Fsp3) is 0.625. The number of rotatable bonds is 4. The lowest BCUT2D eigenvalue weighted by atomic mass is 9.77. The number of aliphatic hydroxyl groups is 1. The molecule has 0 amide bonds. The van der Waals surface area contributed by atoms with E-state index in [1.807, 2.05) is 25.1 Å². The van der Waals surface area contributed by atoms with Gasteiger partial charge in [-0.2, -0.15) is 0 Å². The summed E-state index contributed by atoms with van der Waals surface area (Å²) in [7, 11) is 0. The highest BCUT2D eigenvalue weighted by Gasteiger charge is 2.33. The highest BCUT2D eigenvalue weighted by molar-refractivity contribution is 5.39. The summed E-state index contributed by atoms with van der Waals surface area (Å²) in [6.45, 7) is 4.96. The second-order valence-corrected chi connectivity index (χ2v) is 6.06. The van der Waals surface area contributed by atoms with E-state index < -0.39 is 0 Å². The summed E-state index contributed by atoms with van der Waals surface area (Å²) in [5.74, 6) is 1.13. The Kier molecular flexibility index (Phi) is 4.48. The number of nitrogens with one attached hydrogen (secondary N) is 1. The molecule has 0 saturated heterocycles. The molecule has 1 aliphatic rings. The number of phenols is 1. The van der Waals surface area contributed by atoms with E-state index in [4.69, 9.17) is 0 Å². The number of hydrogen-bond acceptors (Lipinski definition) is 3. The Morgan fingerprint density at radius 1 is 1.32 bits per heavy atom. The normalized spacial score (nSPS) is 27.4. The van der Waals surface area contributed by atoms with Crippen LogP contribution >= 0.6 is 0 Å². The number of aromatic hydroxyl groups is 1. The number of hydrogen-bond donors (Lipinski definition) is 3. The number of phenolic OH excluding ortho intramolecular Hbond substituents is 1. The Balaban J connectivity index is 2.02. The fourth-order valence-corrected chi connectivity index (χ4v) is 2.85. The van der Waals surface area contributed by atoms with Gasteiger partial charge in [0.1, 0.15) is 5.75 Å². The second-order valence-electron chi connectivity index (χ2n) is 6.06. The predicted octanol–water partition coefficient (Wildman–Crippen LogP) is 2.73. The number of para-hydroxylation sites is 1. The second kappa shape index (κ2) is 5.93. The molecule has 0 atom stereocenters. The van der Waals surface area contributed by atoms with E-state index >= 15 is 0 Å². The van der Waals surface area contributed by atoms with Gasteiger partial charge in [-0.15, -0.1) is 0 Å². The molecule has 3 nitrogen and oxygen atoms in total. The van der Waals surface area contributed by atoms with Gasteiger partial charge in [0.15, 0.2) is 0 Å². The van der Waals surface area contributed by atoms with Crippen molar-refractivity contribution < 1.29 is 10.2 Å². The first-order valence-electron chi connectivity index (χ1n) is 7.20. The van der Waals surface area contributed by atoms with Crippen molar-refractivity contribution in [3.63, 3.8) is 0 Å². The van der Waals surface area contributed by atoms with Crippen LogP contribution in [0.3, 0.4) is 0 Å². The summed E-state index contributed by atoms with van der Waals surface area (Å²) in [6, 6.07) is 5.80. The first-order chi connectivity index (χ1) is 9.06. The van der Waals surface area contributed by atoms with Crippen LogP contribution < -0.4 is 5.32 Å². The Hall–Kier alpha value is -1.06. The van der Waals surface area contributed by atoms with Gasteiger partial charge in [-0.1, -0.05) is 25.1 Å². The highest BCUT2D eigenvalue weighted by atomic mass is 16.3. The third kappa shape index (κ3) is 3.28. The Bertz CT molecular complexity index is 423. The number of aryl methyl sites for hydroxylation is 1. The van der Waals surface area contributed by atoms with Crippen molar-refractivity contribution in [2.75, 3.05) is 6.61 Å². The van der Waals surface area contributed by atoms with Gasteiger partial charge in [-0.3, -0.25) is 0 Å². The van der Waals surface area contributed by atoms with Crippen LogP contribution in [0.25, 0.3) is 0 Å². The van der Waals surface area contributed by atoms with E-state index in [2.05, 4.69) is 12.2 Å². The van der Waals surface area contributed by atoms with Crippen LogP contribution in [-0.4, -0.2) is 22.4 Å². The van der Waals surface area contributed by atoms with Crippen LogP contribution in [0.2, 0.25) is 0 Å². The SMILES string of the molecule is Cc1cccc(CNC2(CO)CCC(C)CC2)c1O. The van der Waals surface area contributed by atoms with Gasteiger partial charge in [-0.25, -0.2) is 0 Å². The van der Waals surface area contributed by atoms with Gasteiger partial charge in [0, 0.05) is 17.6 Å². The summed E-state index contributed by atoms with van der Waals surface area (Å²) in [6.07, 6.45) is 4.34. The molecule has 1 aromatic carbocycles. The lowest BCUT2D eigenvalue weighted by molar-refractivity contribution is 0.104. The fourth-order valence-electron chi connectivity index (χ4n) is 2.85. The molecule has 1 fully saturated rings. The Labute approximate surface area is 115 Å². The van der Waals surface area contributed by atoms with E-state index in [0.29, 0.717) is 12.3 Å². The molecule has 0 spiro atoms. The molecule has 0 unspecified atom stereocenters. The van der Waals surface area contributed by atoms with Crippen molar-refractivity contribution in [1.82, 2.24) is 5.32 Å². The standard InChI is InChI=1S/C16H25NO2/c1-12-6-8-16(11-18,9-7-12)17-10-14-5-3-4-13(2)15(14)19/h3-5,12,17-19H,6-11H2,1-2H3. The van der Waals surface area contributed by atoms with E-state index in [0.717, 1.165) is 42.7 Å². The average molecular weight is 263 g/mol. The van der Waals surface area contributed by atoms with Gasteiger partial charge >= 0.3 is 0 Å². The maximum Gasteiger partial charge on any atom is 0.122 e. The lowest BCUT2D eigenvalue weighted by Gasteiger charge is -2.39. The molecular formula is C16H25NO2. The highest BCUT2D eigenvalue weighted by Crippen LogP contribution is 2.32. The topological polar surface area (TPSA) is 52.5 Å². The largest absolute Gasteiger partial charge is 0.507 e. The molecule has 0 aliphatic heterocycles. The molecule has 1 saturated carbocycles. The molecular weight excluding hydrogens is 238 g/mol. The lowest BCUT2D eigenvalue weighted by Crippen LogP contribution is -2.50. The van der Waals surface area contributed by atoms with Crippen molar-refractivity contribution >= 4 is 0 Å². The van der Waals surface area contributed by atoms with Crippen LogP contribution in [0.15, 0.2) is 18.2 Å². The average Bonchev–Trinajstić information content (AvgIpc) is 2.43. The minimum absolute atomic E-state index is 0.164. The van der Waals surface area contributed by atoms with Crippen LogP contribution in [0, 0.1) is 12.8 Å². The molecule has 2 rings (SSSR count). The van der Waals surface area contributed by atoms with Gasteiger partial charge in [0.25, 0.3) is 0 Å². The maximum atomic E-state index is 10.0. The predicted molar refractivity (Wildman–Crippen MR) is 77.1 cm³/mol. The molecule has 106 valence electrons. The van der Waals surface area contributed by atoms with Crippen molar-refractivity contribution in [2.24, 2.45) is 5.92 Å².